The smallest absolute Gasteiger partial charge is 0.407 e. The minimum absolute atomic E-state index is 0.158. The van der Waals surface area contributed by atoms with E-state index < -0.39 is 40.8 Å². The van der Waals surface area contributed by atoms with E-state index in [1.807, 2.05) is 0 Å². The van der Waals surface area contributed by atoms with Crippen LogP contribution in [0.25, 0.3) is 0 Å². The van der Waals surface area contributed by atoms with Gasteiger partial charge in [0.1, 0.15) is 23.4 Å². The predicted octanol–water partition coefficient (Wildman–Crippen LogP) is 4.33. The average molecular weight is 443 g/mol. The molecule has 1 aromatic rings. The van der Waals surface area contributed by atoms with Crippen LogP contribution in [-0.2, 0) is 9.53 Å². The van der Waals surface area contributed by atoms with Gasteiger partial charge >= 0.3 is 6.09 Å². The Morgan fingerprint density at radius 1 is 1.23 bits per heavy atom. The highest BCUT2D eigenvalue weighted by Gasteiger charge is 2.60. The number of amides is 2. The first-order valence-corrected chi connectivity index (χ1v) is 10.7. The quantitative estimate of drug-likeness (QED) is 0.682. The zero-order valence-electron chi connectivity index (χ0n) is 16.2. The number of rotatable bonds is 4. The molecule has 2 amide bonds. The Morgan fingerprint density at radius 3 is 2.60 bits per heavy atom. The SMILES string of the molecule is O=C1N[C@H]2C[C@H](C(=O)N[C@H](c3c(F)ccc(Cl)c3F)C34CCC(F)(CC3)C4)C[C@H]2O1. The standard InChI is InChI=1S/C21H22ClF3N2O3/c22-11-1-2-12(23)15(16(11)24)17(20-3-5-21(25,9-20)6-4-20)27-18(28)10-7-13-14(8-10)30-19(29)26-13/h1-2,10,13-14,17H,3-9H2,(H,26,29)(H,27,28)/t10-,13-,14+,17+,20?,21?/m0/s1. The Morgan fingerprint density at radius 2 is 1.97 bits per heavy atom. The van der Waals surface area contributed by atoms with Crippen molar-refractivity contribution in [1.29, 1.82) is 0 Å². The van der Waals surface area contributed by atoms with Crippen molar-refractivity contribution in [2.24, 2.45) is 11.3 Å². The molecule has 2 bridgehead atoms. The lowest BCUT2D eigenvalue weighted by Crippen LogP contribution is -2.42. The fourth-order valence-corrected chi connectivity index (χ4v) is 6.15. The number of carbonyl (C=O) groups is 2. The highest BCUT2D eigenvalue weighted by Crippen LogP contribution is 2.63. The summed E-state index contributed by atoms with van der Waals surface area (Å²) in [6.07, 6.45) is 1.50. The molecule has 1 heterocycles. The number of benzene rings is 1. The molecule has 2 N–H and O–H groups in total. The summed E-state index contributed by atoms with van der Waals surface area (Å²) in [5, 5.41) is 5.28. The molecule has 4 atom stereocenters. The highest BCUT2D eigenvalue weighted by atomic mass is 35.5. The maximum Gasteiger partial charge on any atom is 0.407 e. The number of carbonyl (C=O) groups excluding carboxylic acids is 2. The molecule has 4 aliphatic rings. The van der Waals surface area contributed by atoms with Crippen molar-refractivity contribution in [3.8, 4) is 0 Å². The summed E-state index contributed by atoms with van der Waals surface area (Å²) in [5.41, 5.74) is -2.41. The Hall–Kier alpha value is -1.96. The van der Waals surface area contributed by atoms with Gasteiger partial charge in [-0.25, -0.2) is 18.0 Å². The van der Waals surface area contributed by atoms with Crippen LogP contribution in [0.1, 0.15) is 56.6 Å². The lowest BCUT2D eigenvalue weighted by atomic mass is 9.74. The zero-order chi connectivity index (χ0) is 21.3. The van der Waals surface area contributed by atoms with Crippen molar-refractivity contribution in [1.82, 2.24) is 10.6 Å². The molecule has 0 spiro atoms. The van der Waals surface area contributed by atoms with E-state index in [2.05, 4.69) is 10.6 Å². The van der Waals surface area contributed by atoms with Crippen molar-refractivity contribution in [3.63, 3.8) is 0 Å². The molecular weight excluding hydrogens is 421 g/mol. The number of hydrogen-bond donors (Lipinski definition) is 2. The molecule has 162 valence electrons. The van der Waals surface area contributed by atoms with E-state index in [-0.39, 0.29) is 35.1 Å². The number of alkyl carbamates (subject to hydrolysis) is 1. The Labute approximate surface area is 176 Å². The Kier molecular flexibility index (Phi) is 4.51. The van der Waals surface area contributed by atoms with Crippen molar-refractivity contribution in [2.45, 2.75) is 68.8 Å². The second-order valence-corrected chi connectivity index (χ2v) is 9.66. The van der Waals surface area contributed by atoms with Gasteiger partial charge in [0.05, 0.1) is 17.1 Å². The molecule has 3 aliphatic carbocycles. The van der Waals surface area contributed by atoms with Gasteiger partial charge in [-0.1, -0.05) is 11.6 Å². The van der Waals surface area contributed by atoms with Crippen LogP contribution in [0.3, 0.4) is 0 Å². The third-order valence-electron chi connectivity index (χ3n) is 7.51. The van der Waals surface area contributed by atoms with Gasteiger partial charge in [-0.15, -0.1) is 0 Å². The molecule has 1 saturated heterocycles. The molecule has 0 aromatic heterocycles. The van der Waals surface area contributed by atoms with E-state index in [9.17, 15) is 22.8 Å². The van der Waals surface area contributed by atoms with E-state index in [1.54, 1.807) is 0 Å². The van der Waals surface area contributed by atoms with Crippen LogP contribution in [-0.4, -0.2) is 29.8 Å². The Balaban J connectivity index is 1.45. The first-order chi connectivity index (χ1) is 14.2. The maximum absolute atomic E-state index is 15.0. The zero-order valence-corrected chi connectivity index (χ0v) is 16.9. The van der Waals surface area contributed by atoms with Crippen LogP contribution < -0.4 is 10.6 Å². The molecule has 0 radical (unpaired) electrons. The summed E-state index contributed by atoms with van der Waals surface area (Å²) >= 11 is 5.92. The average Bonchev–Trinajstić information content (AvgIpc) is 3.41. The predicted molar refractivity (Wildman–Crippen MR) is 102 cm³/mol. The molecule has 30 heavy (non-hydrogen) atoms. The molecule has 5 nitrogen and oxygen atoms in total. The fourth-order valence-electron chi connectivity index (χ4n) is 5.99. The first kappa shape index (κ1) is 20.0. The highest BCUT2D eigenvalue weighted by molar-refractivity contribution is 6.30. The number of fused-ring (bicyclic) bond motifs is 3. The number of hydrogen-bond acceptors (Lipinski definition) is 3. The van der Waals surface area contributed by atoms with Crippen molar-refractivity contribution in [2.75, 3.05) is 0 Å². The number of nitrogens with one attached hydrogen (secondary N) is 2. The van der Waals surface area contributed by atoms with Crippen molar-refractivity contribution < 1.29 is 27.5 Å². The topological polar surface area (TPSA) is 67.4 Å². The van der Waals surface area contributed by atoms with E-state index in [0.717, 1.165) is 12.1 Å². The summed E-state index contributed by atoms with van der Waals surface area (Å²) < 4.78 is 49.8. The maximum atomic E-state index is 15.0. The number of ether oxygens (including phenoxy) is 1. The van der Waals surface area contributed by atoms with Crippen LogP contribution in [0.5, 0.6) is 0 Å². The lowest BCUT2D eigenvalue weighted by Gasteiger charge is -2.37. The van der Waals surface area contributed by atoms with Crippen LogP contribution in [0.2, 0.25) is 5.02 Å². The third kappa shape index (κ3) is 3.06. The van der Waals surface area contributed by atoms with Gasteiger partial charge < -0.3 is 15.4 Å². The van der Waals surface area contributed by atoms with Crippen LogP contribution in [0.15, 0.2) is 12.1 Å². The number of halogens is 4. The summed E-state index contributed by atoms with van der Waals surface area (Å²) in [7, 11) is 0. The third-order valence-corrected chi connectivity index (χ3v) is 7.81. The monoisotopic (exact) mass is 442 g/mol. The summed E-state index contributed by atoms with van der Waals surface area (Å²) in [5.74, 6) is -2.57. The molecule has 5 rings (SSSR count). The van der Waals surface area contributed by atoms with E-state index >= 15 is 0 Å². The molecule has 0 unspecified atom stereocenters. The summed E-state index contributed by atoms with van der Waals surface area (Å²) in [4.78, 5) is 24.4. The van der Waals surface area contributed by atoms with E-state index in [1.165, 1.54) is 0 Å². The molecule has 9 heteroatoms. The second-order valence-electron chi connectivity index (χ2n) is 9.25. The van der Waals surface area contributed by atoms with Gasteiger partial charge in [0.15, 0.2) is 0 Å². The van der Waals surface area contributed by atoms with Crippen LogP contribution in [0.4, 0.5) is 18.0 Å². The Bertz CT molecular complexity index is 903. The van der Waals surface area contributed by atoms with Gasteiger partial charge in [0, 0.05) is 11.5 Å². The van der Waals surface area contributed by atoms with E-state index in [0.29, 0.717) is 38.5 Å². The largest absolute Gasteiger partial charge is 0.444 e. The van der Waals surface area contributed by atoms with Crippen LogP contribution in [0, 0.1) is 23.0 Å². The first-order valence-electron chi connectivity index (χ1n) is 10.3. The second kappa shape index (κ2) is 6.77. The van der Waals surface area contributed by atoms with Crippen molar-refractivity contribution in [3.05, 3.63) is 34.4 Å². The molecular formula is C21H22ClF3N2O3. The molecule has 1 aliphatic heterocycles. The number of alkyl halides is 1. The minimum Gasteiger partial charge on any atom is -0.444 e. The van der Waals surface area contributed by atoms with Gasteiger partial charge in [0.25, 0.3) is 0 Å². The van der Waals surface area contributed by atoms with Gasteiger partial charge in [0.2, 0.25) is 5.91 Å². The molecule has 1 aromatic carbocycles. The van der Waals surface area contributed by atoms with Gasteiger partial charge in [-0.3, -0.25) is 4.79 Å². The minimum atomic E-state index is -1.35. The van der Waals surface area contributed by atoms with Gasteiger partial charge in [-0.05, 0) is 62.5 Å². The normalized spacial score (nSPS) is 37.6. The molecule has 4 fully saturated rings. The van der Waals surface area contributed by atoms with Crippen LogP contribution >= 0.6 is 11.6 Å². The summed E-state index contributed by atoms with van der Waals surface area (Å²) in [6, 6.07) is 0.945. The summed E-state index contributed by atoms with van der Waals surface area (Å²) in [6.45, 7) is 0. The van der Waals surface area contributed by atoms with E-state index in [4.69, 9.17) is 16.3 Å². The lowest BCUT2D eigenvalue weighted by molar-refractivity contribution is -0.127. The van der Waals surface area contributed by atoms with Crippen molar-refractivity contribution >= 4 is 23.6 Å². The van der Waals surface area contributed by atoms with Gasteiger partial charge in [-0.2, -0.15) is 0 Å². The fraction of sp³-hybridized carbons (Fsp3) is 0.619. The molecule has 3 saturated carbocycles.